The second kappa shape index (κ2) is 10.5. The number of benzene rings is 2. The third-order valence-electron chi connectivity index (χ3n) is 4.05. The molecule has 2 aromatic carbocycles. The van der Waals surface area contributed by atoms with Crippen LogP contribution in [0.15, 0.2) is 48.5 Å². The number of carbonyl (C=O) groups excluding carboxylic acids is 2. The number of hydrogen-bond donors (Lipinski definition) is 2. The fraction of sp³-hybridized carbons (Fsp3) is 0.333. The highest BCUT2D eigenvalue weighted by Gasteiger charge is 2.34. The van der Waals surface area contributed by atoms with Crippen molar-refractivity contribution in [2.24, 2.45) is 0 Å². The summed E-state index contributed by atoms with van der Waals surface area (Å²) in [6.07, 6.45) is -3.84. The van der Waals surface area contributed by atoms with E-state index in [4.69, 9.17) is 4.74 Å². The lowest BCUT2D eigenvalue weighted by molar-refractivity contribution is -0.138. The lowest BCUT2D eigenvalue weighted by atomic mass is 10.1. The molecular weight excluding hydrogens is 385 g/mol. The summed E-state index contributed by atoms with van der Waals surface area (Å²) in [5, 5.41) is 4.99. The smallest absolute Gasteiger partial charge is 0.417 e. The summed E-state index contributed by atoms with van der Waals surface area (Å²) in [7, 11) is 0. The van der Waals surface area contributed by atoms with Crippen molar-refractivity contribution in [2.75, 3.05) is 19.7 Å². The molecule has 0 aliphatic heterocycles. The maximum absolute atomic E-state index is 12.9. The van der Waals surface area contributed by atoms with E-state index in [0.29, 0.717) is 13.0 Å². The Morgan fingerprint density at radius 1 is 0.966 bits per heavy atom. The quantitative estimate of drug-likeness (QED) is 0.622. The van der Waals surface area contributed by atoms with E-state index in [0.717, 1.165) is 23.4 Å². The molecule has 29 heavy (non-hydrogen) atoms. The molecule has 8 heteroatoms. The summed E-state index contributed by atoms with van der Waals surface area (Å²) < 4.78 is 44.3. The van der Waals surface area contributed by atoms with Gasteiger partial charge in [0.15, 0.2) is 0 Å². The van der Waals surface area contributed by atoms with E-state index in [1.165, 1.54) is 12.1 Å². The van der Waals surface area contributed by atoms with Gasteiger partial charge in [-0.3, -0.25) is 9.59 Å². The van der Waals surface area contributed by atoms with Crippen LogP contribution in [-0.2, 0) is 11.0 Å². The molecule has 0 radical (unpaired) electrons. The van der Waals surface area contributed by atoms with Gasteiger partial charge in [-0.15, -0.1) is 0 Å². The van der Waals surface area contributed by atoms with Gasteiger partial charge in [-0.05, 0) is 37.6 Å². The van der Waals surface area contributed by atoms with Crippen molar-refractivity contribution in [3.63, 3.8) is 0 Å². The Hall–Kier alpha value is -3.03. The van der Waals surface area contributed by atoms with Crippen LogP contribution in [0.25, 0.3) is 0 Å². The molecule has 0 bridgehead atoms. The summed E-state index contributed by atoms with van der Waals surface area (Å²) in [6.45, 7) is 2.52. The predicted octanol–water partition coefficient (Wildman–Crippen LogP) is 3.72. The van der Waals surface area contributed by atoms with Crippen molar-refractivity contribution >= 4 is 11.8 Å². The second-order valence-electron chi connectivity index (χ2n) is 6.41. The van der Waals surface area contributed by atoms with Gasteiger partial charge < -0.3 is 15.4 Å². The van der Waals surface area contributed by atoms with Gasteiger partial charge in [0, 0.05) is 19.5 Å². The van der Waals surface area contributed by atoms with E-state index in [1.807, 2.05) is 31.2 Å². The van der Waals surface area contributed by atoms with Gasteiger partial charge in [0.25, 0.3) is 5.91 Å². The summed E-state index contributed by atoms with van der Waals surface area (Å²) in [5.41, 5.74) is -0.305. The SMILES string of the molecule is Cc1ccc(OCCCC(=O)NCCNC(=O)c2ccccc2C(F)(F)F)cc1. The molecular formula is C21H23F3N2O3. The minimum atomic E-state index is -4.61. The topological polar surface area (TPSA) is 67.4 Å². The number of ether oxygens (including phenoxy) is 1. The molecule has 0 fully saturated rings. The highest BCUT2D eigenvalue weighted by molar-refractivity contribution is 5.95. The minimum absolute atomic E-state index is 0.0244. The van der Waals surface area contributed by atoms with Crippen LogP contribution in [0.3, 0.4) is 0 Å². The second-order valence-corrected chi connectivity index (χ2v) is 6.41. The zero-order valence-corrected chi connectivity index (χ0v) is 16.0. The van der Waals surface area contributed by atoms with Gasteiger partial charge >= 0.3 is 6.18 Å². The Balaban J connectivity index is 1.64. The normalized spacial score (nSPS) is 11.0. The highest BCUT2D eigenvalue weighted by atomic mass is 19.4. The van der Waals surface area contributed by atoms with Gasteiger partial charge in [-0.25, -0.2) is 0 Å². The van der Waals surface area contributed by atoms with Crippen molar-refractivity contribution in [1.82, 2.24) is 10.6 Å². The van der Waals surface area contributed by atoms with E-state index in [1.54, 1.807) is 0 Å². The Morgan fingerprint density at radius 3 is 2.31 bits per heavy atom. The van der Waals surface area contributed by atoms with E-state index >= 15 is 0 Å². The third kappa shape index (κ3) is 7.48. The molecule has 0 aliphatic rings. The summed E-state index contributed by atoms with van der Waals surface area (Å²) in [5.74, 6) is -0.320. The van der Waals surface area contributed by atoms with Crippen molar-refractivity contribution in [3.05, 3.63) is 65.2 Å². The van der Waals surface area contributed by atoms with E-state index in [-0.39, 0.29) is 25.4 Å². The lowest BCUT2D eigenvalue weighted by Crippen LogP contribution is -2.35. The molecule has 5 nitrogen and oxygen atoms in total. The fourth-order valence-corrected chi connectivity index (χ4v) is 2.55. The number of rotatable bonds is 9. The van der Waals surface area contributed by atoms with Gasteiger partial charge in [0.05, 0.1) is 17.7 Å². The van der Waals surface area contributed by atoms with Crippen molar-refractivity contribution < 1.29 is 27.5 Å². The molecule has 0 atom stereocenters. The zero-order chi connectivity index (χ0) is 21.3. The van der Waals surface area contributed by atoms with Gasteiger partial charge in [0.2, 0.25) is 5.91 Å². The first-order valence-electron chi connectivity index (χ1n) is 9.18. The third-order valence-corrected chi connectivity index (χ3v) is 4.05. The van der Waals surface area contributed by atoms with Crippen LogP contribution < -0.4 is 15.4 Å². The van der Waals surface area contributed by atoms with Crippen molar-refractivity contribution in [2.45, 2.75) is 25.9 Å². The van der Waals surface area contributed by atoms with E-state index < -0.39 is 23.2 Å². The Morgan fingerprint density at radius 2 is 1.62 bits per heavy atom. The summed E-state index contributed by atoms with van der Waals surface area (Å²) >= 11 is 0. The standard InChI is InChI=1S/C21H23F3N2O3/c1-15-8-10-16(11-9-15)29-14-4-7-19(27)25-12-13-26-20(28)17-5-2-3-6-18(17)21(22,23)24/h2-3,5-6,8-11H,4,7,12-14H2,1H3,(H,25,27)(H,26,28). The monoisotopic (exact) mass is 408 g/mol. The highest BCUT2D eigenvalue weighted by Crippen LogP contribution is 2.31. The lowest BCUT2D eigenvalue weighted by Gasteiger charge is -2.13. The molecule has 0 heterocycles. The van der Waals surface area contributed by atoms with Crippen LogP contribution >= 0.6 is 0 Å². The van der Waals surface area contributed by atoms with Crippen molar-refractivity contribution in [3.8, 4) is 5.75 Å². The molecule has 2 amide bonds. The van der Waals surface area contributed by atoms with E-state index in [9.17, 15) is 22.8 Å². The van der Waals surface area contributed by atoms with Gasteiger partial charge in [0.1, 0.15) is 5.75 Å². The molecule has 0 saturated heterocycles. The average Bonchev–Trinajstić information content (AvgIpc) is 2.69. The number of carbonyl (C=O) groups is 2. The summed E-state index contributed by atoms with van der Waals surface area (Å²) in [6, 6.07) is 12.1. The summed E-state index contributed by atoms with van der Waals surface area (Å²) in [4.78, 5) is 23.8. The number of aryl methyl sites for hydroxylation is 1. The zero-order valence-electron chi connectivity index (χ0n) is 16.0. The minimum Gasteiger partial charge on any atom is -0.494 e. The first-order valence-corrected chi connectivity index (χ1v) is 9.18. The Kier molecular flexibility index (Phi) is 8.06. The Bertz CT molecular complexity index is 821. The van der Waals surface area contributed by atoms with Crippen LogP contribution in [0.4, 0.5) is 13.2 Å². The first kappa shape index (κ1) is 22.3. The molecule has 2 aromatic rings. The Labute approximate surface area is 167 Å². The average molecular weight is 408 g/mol. The molecule has 0 unspecified atom stereocenters. The predicted molar refractivity (Wildman–Crippen MR) is 103 cm³/mol. The molecule has 156 valence electrons. The van der Waals surface area contributed by atoms with Gasteiger partial charge in [-0.2, -0.15) is 13.2 Å². The number of halogens is 3. The van der Waals surface area contributed by atoms with Crippen LogP contribution in [0, 0.1) is 6.92 Å². The molecule has 2 rings (SSSR count). The van der Waals surface area contributed by atoms with Crippen LogP contribution in [-0.4, -0.2) is 31.5 Å². The molecule has 0 aliphatic carbocycles. The number of hydrogen-bond acceptors (Lipinski definition) is 3. The maximum atomic E-state index is 12.9. The number of amides is 2. The first-order chi connectivity index (χ1) is 13.8. The van der Waals surface area contributed by atoms with Crippen molar-refractivity contribution in [1.29, 1.82) is 0 Å². The number of alkyl halides is 3. The molecule has 0 spiro atoms. The molecule has 2 N–H and O–H groups in total. The van der Waals surface area contributed by atoms with Crippen LogP contribution in [0.2, 0.25) is 0 Å². The molecule has 0 saturated carbocycles. The van der Waals surface area contributed by atoms with Crippen LogP contribution in [0.1, 0.15) is 34.3 Å². The fourth-order valence-electron chi connectivity index (χ4n) is 2.55. The van der Waals surface area contributed by atoms with Gasteiger partial charge in [-0.1, -0.05) is 29.8 Å². The largest absolute Gasteiger partial charge is 0.494 e. The maximum Gasteiger partial charge on any atom is 0.417 e. The molecule has 0 aromatic heterocycles. The number of nitrogens with one attached hydrogen (secondary N) is 2. The van der Waals surface area contributed by atoms with Crippen LogP contribution in [0.5, 0.6) is 5.75 Å². The van der Waals surface area contributed by atoms with E-state index in [2.05, 4.69) is 10.6 Å².